The van der Waals surface area contributed by atoms with E-state index in [1.807, 2.05) is 29.7 Å². The molecule has 1 aliphatic carbocycles. The summed E-state index contributed by atoms with van der Waals surface area (Å²) in [6.07, 6.45) is 6.44. The summed E-state index contributed by atoms with van der Waals surface area (Å²) in [6.45, 7) is 4.42. The molecule has 0 bridgehead atoms. The predicted octanol–water partition coefficient (Wildman–Crippen LogP) is 5.79. The Morgan fingerprint density at radius 2 is 2.00 bits per heavy atom. The smallest absolute Gasteiger partial charge is 0.275 e. The Kier molecular flexibility index (Phi) is 5.54. The normalized spacial score (nSPS) is 21.7. The molecule has 1 aromatic carbocycles. The molecule has 2 aliphatic rings. The van der Waals surface area contributed by atoms with Crippen molar-refractivity contribution in [3.05, 3.63) is 52.0 Å². The van der Waals surface area contributed by atoms with E-state index < -0.39 is 5.54 Å². The molecule has 3 aromatic rings. The molecule has 5 rings (SSSR count). The number of carbonyl (C=O) groups excluding carboxylic acids is 2. The summed E-state index contributed by atoms with van der Waals surface area (Å²) < 4.78 is 3.13. The van der Waals surface area contributed by atoms with Gasteiger partial charge in [-0.2, -0.15) is 0 Å². The fourth-order valence-corrected chi connectivity index (χ4v) is 6.34. The summed E-state index contributed by atoms with van der Waals surface area (Å²) in [7, 11) is 0. The van der Waals surface area contributed by atoms with Gasteiger partial charge in [0.05, 0.1) is 16.8 Å². The van der Waals surface area contributed by atoms with Gasteiger partial charge in [-0.15, -0.1) is 11.3 Å². The maximum Gasteiger partial charge on any atom is 0.275 e. The van der Waals surface area contributed by atoms with Crippen LogP contribution in [0.2, 0.25) is 5.02 Å². The van der Waals surface area contributed by atoms with Crippen molar-refractivity contribution in [3.8, 4) is 0 Å². The molecule has 7 heteroatoms. The third kappa shape index (κ3) is 3.54. The average molecular weight is 470 g/mol. The summed E-state index contributed by atoms with van der Waals surface area (Å²) in [6, 6.07) is 11.5. The summed E-state index contributed by atoms with van der Waals surface area (Å²) in [5.41, 5.74) is 1.25. The van der Waals surface area contributed by atoms with E-state index in [1.165, 1.54) is 11.3 Å². The van der Waals surface area contributed by atoms with Gasteiger partial charge in [0.25, 0.3) is 5.91 Å². The highest BCUT2D eigenvalue weighted by Crippen LogP contribution is 2.39. The molecule has 1 N–H and O–H groups in total. The third-order valence-electron chi connectivity index (χ3n) is 6.87. The first-order valence-corrected chi connectivity index (χ1v) is 12.6. The van der Waals surface area contributed by atoms with Crippen molar-refractivity contribution in [2.75, 3.05) is 4.90 Å². The predicted molar refractivity (Wildman–Crippen MR) is 131 cm³/mol. The lowest BCUT2D eigenvalue weighted by Crippen LogP contribution is -2.65. The van der Waals surface area contributed by atoms with E-state index in [0.717, 1.165) is 42.3 Å². The zero-order chi connectivity index (χ0) is 22.5. The largest absolute Gasteiger partial charge is 0.351 e. The zero-order valence-corrected chi connectivity index (χ0v) is 20.1. The van der Waals surface area contributed by atoms with Crippen molar-refractivity contribution in [1.82, 2.24) is 9.88 Å². The number of nitrogens with one attached hydrogen (secondary N) is 1. The van der Waals surface area contributed by atoms with Gasteiger partial charge in [-0.3, -0.25) is 14.5 Å². The number of nitrogens with zero attached hydrogens (tertiary/aromatic N) is 2. The fraction of sp³-hybridized carbons (Fsp3) is 0.440. The van der Waals surface area contributed by atoms with E-state index in [4.69, 9.17) is 11.6 Å². The number of amides is 2. The number of rotatable bonds is 4. The highest BCUT2D eigenvalue weighted by molar-refractivity contribution is 7.19. The molecular weight excluding hydrogens is 442 g/mol. The number of anilines is 1. The molecule has 0 radical (unpaired) electrons. The van der Waals surface area contributed by atoms with Gasteiger partial charge < -0.3 is 9.88 Å². The summed E-state index contributed by atoms with van der Waals surface area (Å²) >= 11 is 7.99. The molecule has 0 saturated heterocycles. The number of aryl methyl sites for hydroxylation is 1. The molecule has 2 aromatic heterocycles. The number of fused-ring (bicyclic) bond motifs is 3. The lowest BCUT2D eigenvalue weighted by atomic mass is 9.91. The van der Waals surface area contributed by atoms with Crippen molar-refractivity contribution in [2.45, 2.75) is 70.5 Å². The summed E-state index contributed by atoms with van der Waals surface area (Å²) in [5.74, 6) is -0.266. The van der Waals surface area contributed by atoms with Crippen LogP contribution in [0.25, 0.3) is 10.2 Å². The van der Waals surface area contributed by atoms with Crippen molar-refractivity contribution < 1.29 is 9.59 Å². The van der Waals surface area contributed by atoms with Crippen LogP contribution in [0.1, 0.15) is 61.3 Å². The van der Waals surface area contributed by atoms with Crippen LogP contribution in [-0.4, -0.2) is 28.0 Å². The SMILES string of the molecule is CCc1cc2c(cc3n2C[C@@](C)(C(=O)NC2CCCCC2)N(c2cccc(Cl)c2)C3=O)s1. The maximum atomic E-state index is 13.8. The first-order chi connectivity index (χ1) is 15.4. The number of thiophene rings is 1. The Morgan fingerprint density at radius 3 is 2.72 bits per heavy atom. The Morgan fingerprint density at radius 1 is 1.22 bits per heavy atom. The van der Waals surface area contributed by atoms with Crippen LogP contribution in [0.4, 0.5) is 5.69 Å². The van der Waals surface area contributed by atoms with Gasteiger partial charge in [0, 0.05) is 21.6 Å². The highest BCUT2D eigenvalue weighted by Gasteiger charge is 2.49. The molecule has 32 heavy (non-hydrogen) atoms. The molecule has 0 spiro atoms. The van der Waals surface area contributed by atoms with Crippen molar-refractivity contribution in [2.24, 2.45) is 0 Å². The maximum absolute atomic E-state index is 13.8. The van der Waals surface area contributed by atoms with Crippen LogP contribution < -0.4 is 10.2 Å². The number of hydrogen-bond acceptors (Lipinski definition) is 3. The minimum Gasteiger partial charge on any atom is -0.351 e. The second kappa shape index (κ2) is 8.23. The Labute approximate surface area is 197 Å². The van der Waals surface area contributed by atoms with Crippen LogP contribution >= 0.6 is 22.9 Å². The van der Waals surface area contributed by atoms with Gasteiger partial charge in [0.1, 0.15) is 11.2 Å². The second-order valence-electron chi connectivity index (χ2n) is 9.13. The van der Waals surface area contributed by atoms with Crippen LogP contribution in [0.5, 0.6) is 0 Å². The number of carbonyl (C=O) groups is 2. The second-order valence-corrected chi connectivity index (χ2v) is 10.7. The van der Waals surface area contributed by atoms with Gasteiger partial charge in [0.15, 0.2) is 0 Å². The molecule has 168 valence electrons. The quantitative estimate of drug-likeness (QED) is 0.526. The summed E-state index contributed by atoms with van der Waals surface area (Å²) in [5, 5.41) is 3.82. The van der Waals surface area contributed by atoms with Gasteiger partial charge in [-0.25, -0.2) is 0 Å². The minimum absolute atomic E-state index is 0.101. The highest BCUT2D eigenvalue weighted by atomic mass is 35.5. The van der Waals surface area contributed by atoms with E-state index in [-0.39, 0.29) is 17.9 Å². The average Bonchev–Trinajstić information content (AvgIpc) is 3.33. The molecule has 1 aliphatic heterocycles. The van der Waals surface area contributed by atoms with E-state index in [9.17, 15) is 9.59 Å². The number of benzene rings is 1. The van der Waals surface area contributed by atoms with Crippen molar-refractivity contribution in [3.63, 3.8) is 0 Å². The van der Waals surface area contributed by atoms with Crippen LogP contribution in [0, 0.1) is 0 Å². The van der Waals surface area contributed by atoms with Crippen molar-refractivity contribution in [1.29, 1.82) is 0 Å². The van der Waals surface area contributed by atoms with E-state index >= 15 is 0 Å². The minimum atomic E-state index is -1.06. The van der Waals surface area contributed by atoms with E-state index in [0.29, 0.717) is 22.9 Å². The van der Waals surface area contributed by atoms with Crippen LogP contribution in [-0.2, 0) is 17.8 Å². The monoisotopic (exact) mass is 469 g/mol. The van der Waals surface area contributed by atoms with E-state index in [1.54, 1.807) is 28.4 Å². The van der Waals surface area contributed by atoms with Crippen LogP contribution in [0.3, 0.4) is 0 Å². The first-order valence-electron chi connectivity index (χ1n) is 11.4. The molecule has 1 atom stereocenters. The molecule has 1 saturated carbocycles. The van der Waals surface area contributed by atoms with Crippen molar-refractivity contribution >= 4 is 50.7 Å². The number of halogens is 1. The van der Waals surface area contributed by atoms with Gasteiger partial charge >= 0.3 is 0 Å². The standard InChI is InChI=1S/C25H28ClN3O2S/c1-3-19-13-20-22(32-19)14-21-23(30)29(18-11-7-8-16(26)12-18)25(2,15-28(20)21)24(31)27-17-9-5-4-6-10-17/h7-8,11-14,17H,3-6,9-10,15H2,1-2H3,(H,27,31)/t25-/m0/s1. The number of aromatic nitrogens is 1. The number of hydrogen-bond donors (Lipinski definition) is 1. The van der Waals surface area contributed by atoms with Gasteiger partial charge in [-0.05, 0) is 56.5 Å². The fourth-order valence-electron chi connectivity index (χ4n) is 5.11. The topological polar surface area (TPSA) is 54.3 Å². The third-order valence-corrected chi connectivity index (χ3v) is 8.32. The molecule has 0 unspecified atom stereocenters. The Hall–Kier alpha value is -2.31. The molecule has 3 heterocycles. The van der Waals surface area contributed by atoms with Gasteiger partial charge in [-0.1, -0.05) is 43.9 Å². The lowest BCUT2D eigenvalue weighted by Gasteiger charge is -2.44. The molecule has 5 nitrogen and oxygen atoms in total. The van der Waals surface area contributed by atoms with Gasteiger partial charge in [0.2, 0.25) is 5.91 Å². The Balaban J connectivity index is 1.61. The first kappa shape index (κ1) is 21.5. The van der Waals surface area contributed by atoms with E-state index in [2.05, 4.69) is 18.3 Å². The summed E-state index contributed by atoms with van der Waals surface area (Å²) in [4.78, 5) is 30.6. The Bertz CT molecular complexity index is 1190. The molecule has 1 fully saturated rings. The zero-order valence-electron chi connectivity index (χ0n) is 18.5. The molecular formula is C25H28ClN3O2S. The van der Waals surface area contributed by atoms with Crippen LogP contribution in [0.15, 0.2) is 36.4 Å². The lowest BCUT2D eigenvalue weighted by molar-refractivity contribution is -0.127. The molecule has 2 amide bonds.